The predicted octanol–water partition coefficient (Wildman–Crippen LogP) is 3.19. The first-order valence-electron chi connectivity index (χ1n) is 6.42. The molecule has 1 aromatic heterocycles. The Labute approximate surface area is 117 Å². The average molecular weight is 265 g/mol. The van der Waals surface area contributed by atoms with E-state index in [0.29, 0.717) is 6.54 Å². The van der Waals surface area contributed by atoms with Gasteiger partial charge in [-0.25, -0.2) is 4.98 Å². The highest BCUT2D eigenvalue weighted by Crippen LogP contribution is 2.21. The number of anilines is 1. The SMILES string of the molecule is Oc1cccc(CNc2ccccc2-n2ccnc2)c1. The minimum absolute atomic E-state index is 0.284. The van der Waals surface area contributed by atoms with Gasteiger partial charge in [0.1, 0.15) is 5.75 Å². The standard InChI is InChI=1S/C16H15N3O/c20-14-5-3-4-13(10-14)11-18-15-6-1-2-7-16(15)19-9-8-17-12-19/h1-10,12,18,20H,11H2. The number of para-hydroxylation sites is 2. The van der Waals surface area contributed by atoms with Gasteiger partial charge in [0, 0.05) is 18.9 Å². The van der Waals surface area contributed by atoms with Crippen molar-refractivity contribution in [2.45, 2.75) is 6.54 Å². The Bertz CT molecular complexity index is 692. The van der Waals surface area contributed by atoms with Gasteiger partial charge in [-0.05, 0) is 29.8 Å². The molecule has 3 aromatic rings. The second-order valence-electron chi connectivity index (χ2n) is 4.51. The smallest absolute Gasteiger partial charge is 0.115 e. The Balaban J connectivity index is 1.81. The molecule has 0 bridgehead atoms. The summed E-state index contributed by atoms with van der Waals surface area (Å²) in [5.74, 6) is 0.284. The average Bonchev–Trinajstić information content (AvgIpc) is 3.00. The maximum Gasteiger partial charge on any atom is 0.115 e. The van der Waals surface area contributed by atoms with Crippen LogP contribution in [0.2, 0.25) is 0 Å². The molecule has 3 rings (SSSR count). The van der Waals surface area contributed by atoms with E-state index >= 15 is 0 Å². The van der Waals surface area contributed by atoms with Crippen LogP contribution >= 0.6 is 0 Å². The monoisotopic (exact) mass is 265 g/mol. The fourth-order valence-electron chi connectivity index (χ4n) is 2.11. The molecule has 0 atom stereocenters. The largest absolute Gasteiger partial charge is 0.508 e. The lowest BCUT2D eigenvalue weighted by molar-refractivity contribution is 0.474. The number of phenolic OH excluding ortho intramolecular Hbond substituents is 1. The molecule has 0 aliphatic carbocycles. The lowest BCUT2D eigenvalue weighted by Crippen LogP contribution is -2.03. The van der Waals surface area contributed by atoms with Gasteiger partial charge in [-0.3, -0.25) is 0 Å². The third kappa shape index (κ3) is 2.64. The number of hydrogen-bond acceptors (Lipinski definition) is 3. The molecule has 0 aliphatic heterocycles. The zero-order valence-corrected chi connectivity index (χ0v) is 10.9. The summed E-state index contributed by atoms with van der Waals surface area (Å²) < 4.78 is 1.96. The minimum atomic E-state index is 0.284. The number of imidazole rings is 1. The van der Waals surface area contributed by atoms with Gasteiger partial charge in [-0.2, -0.15) is 0 Å². The number of aromatic hydroxyl groups is 1. The molecule has 0 spiro atoms. The Hall–Kier alpha value is -2.75. The molecule has 0 unspecified atom stereocenters. The van der Waals surface area contributed by atoms with Crippen LogP contribution < -0.4 is 5.32 Å². The van der Waals surface area contributed by atoms with E-state index in [1.54, 1.807) is 24.7 Å². The molecule has 4 nitrogen and oxygen atoms in total. The molecule has 2 N–H and O–H groups in total. The molecule has 0 fully saturated rings. The van der Waals surface area contributed by atoms with E-state index in [4.69, 9.17) is 0 Å². The zero-order valence-electron chi connectivity index (χ0n) is 10.9. The van der Waals surface area contributed by atoms with Crippen molar-refractivity contribution in [2.75, 3.05) is 5.32 Å². The third-order valence-corrected chi connectivity index (χ3v) is 3.08. The lowest BCUT2D eigenvalue weighted by atomic mass is 10.2. The van der Waals surface area contributed by atoms with Crippen molar-refractivity contribution in [2.24, 2.45) is 0 Å². The van der Waals surface area contributed by atoms with Crippen LogP contribution in [0.1, 0.15) is 5.56 Å². The molecular formula is C16H15N3O. The number of benzene rings is 2. The van der Waals surface area contributed by atoms with Gasteiger partial charge in [-0.15, -0.1) is 0 Å². The first-order chi connectivity index (χ1) is 9.83. The van der Waals surface area contributed by atoms with Gasteiger partial charge in [0.25, 0.3) is 0 Å². The number of phenols is 1. The number of aromatic nitrogens is 2. The molecular weight excluding hydrogens is 250 g/mol. The summed E-state index contributed by atoms with van der Waals surface area (Å²) in [6.07, 6.45) is 5.44. The second kappa shape index (κ2) is 5.48. The van der Waals surface area contributed by atoms with Gasteiger partial charge in [0.05, 0.1) is 17.7 Å². The van der Waals surface area contributed by atoms with Gasteiger partial charge in [0.15, 0.2) is 0 Å². The van der Waals surface area contributed by atoms with E-state index in [0.717, 1.165) is 16.9 Å². The molecule has 2 aromatic carbocycles. The summed E-state index contributed by atoms with van der Waals surface area (Å²) >= 11 is 0. The predicted molar refractivity (Wildman–Crippen MR) is 79.0 cm³/mol. The van der Waals surface area contributed by atoms with Crippen LogP contribution in [0.15, 0.2) is 67.3 Å². The molecule has 0 amide bonds. The molecule has 0 radical (unpaired) electrons. The topological polar surface area (TPSA) is 50.1 Å². The van der Waals surface area contributed by atoms with Gasteiger partial charge >= 0.3 is 0 Å². The van der Waals surface area contributed by atoms with Crippen molar-refractivity contribution in [3.63, 3.8) is 0 Å². The number of nitrogens with zero attached hydrogens (tertiary/aromatic N) is 2. The second-order valence-corrected chi connectivity index (χ2v) is 4.51. The van der Waals surface area contributed by atoms with Gasteiger partial charge < -0.3 is 15.0 Å². The quantitative estimate of drug-likeness (QED) is 0.761. The molecule has 1 heterocycles. The van der Waals surface area contributed by atoms with E-state index in [1.807, 2.05) is 47.2 Å². The Morgan fingerprint density at radius 1 is 1.10 bits per heavy atom. The minimum Gasteiger partial charge on any atom is -0.508 e. The van der Waals surface area contributed by atoms with Crippen LogP contribution in [-0.4, -0.2) is 14.7 Å². The summed E-state index contributed by atoms with van der Waals surface area (Å²) in [4.78, 5) is 4.07. The number of hydrogen-bond donors (Lipinski definition) is 2. The van der Waals surface area contributed by atoms with E-state index in [-0.39, 0.29) is 5.75 Å². The zero-order chi connectivity index (χ0) is 13.8. The molecule has 0 saturated heterocycles. The third-order valence-electron chi connectivity index (χ3n) is 3.08. The maximum absolute atomic E-state index is 9.47. The summed E-state index contributed by atoms with van der Waals surface area (Å²) in [7, 11) is 0. The first kappa shape index (κ1) is 12.3. The van der Waals surface area contributed by atoms with E-state index < -0.39 is 0 Å². The van der Waals surface area contributed by atoms with E-state index in [9.17, 15) is 5.11 Å². The van der Waals surface area contributed by atoms with Crippen molar-refractivity contribution >= 4 is 5.69 Å². The Morgan fingerprint density at radius 3 is 2.80 bits per heavy atom. The van der Waals surface area contributed by atoms with Crippen LogP contribution in [0.25, 0.3) is 5.69 Å². The Morgan fingerprint density at radius 2 is 2.00 bits per heavy atom. The van der Waals surface area contributed by atoms with Crippen molar-refractivity contribution in [1.82, 2.24) is 9.55 Å². The first-order valence-corrected chi connectivity index (χ1v) is 6.42. The maximum atomic E-state index is 9.47. The molecule has 20 heavy (non-hydrogen) atoms. The van der Waals surface area contributed by atoms with Crippen LogP contribution in [0, 0.1) is 0 Å². The number of rotatable bonds is 4. The van der Waals surface area contributed by atoms with Crippen LogP contribution in [-0.2, 0) is 6.54 Å². The summed E-state index contributed by atoms with van der Waals surface area (Å²) in [6, 6.07) is 15.3. The summed E-state index contributed by atoms with van der Waals surface area (Å²) in [5, 5.41) is 12.9. The highest BCUT2D eigenvalue weighted by Gasteiger charge is 2.03. The molecule has 4 heteroatoms. The van der Waals surface area contributed by atoms with Crippen molar-refractivity contribution < 1.29 is 5.11 Å². The van der Waals surface area contributed by atoms with Crippen molar-refractivity contribution in [3.8, 4) is 11.4 Å². The van der Waals surface area contributed by atoms with Gasteiger partial charge in [0.2, 0.25) is 0 Å². The highest BCUT2D eigenvalue weighted by molar-refractivity contribution is 5.61. The highest BCUT2D eigenvalue weighted by atomic mass is 16.3. The number of nitrogens with one attached hydrogen (secondary N) is 1. The molecule has 0 saturated carbocycles. The van der Waals surface area contributed by atoms with Crippen molar-refractivity contribution in [1.29, 1.82) is 0 Å². The fraction of sp³-hybridized carbons (Fsp3) is 0.0625. The normalized spacial score (nSPS) is 10.4. The molecule has 0 aliphatic rings. The lowest BCUT2D eigenvalue weighted by Gasteiger charge is -2.12. The van der Waals surface area contributed by atoms with E-state index in [2.05, 4.69) is 10.3 Å². The van der Waals surface area contributed by atoms with Crippen LogP contribution in [0.3, 0.4) is 0 Å². The van der Waals surface area contributed by atoms with Gasteiger partial charge in [-0.1, -0.05) is 24.3 Å². The van der Waals surface area contributed by atoms with E-state index in [1.165, 1.54) is 0 Å². The summed E-state index contributed by atoms with van der Waals surface area (Å²) in [6.45, 7) is 0.653. The van der Waals surface area contributed by atoms with Crippen LogP contribution in [0.4, 0.5) is 5.69 Å². The Kier molecular flexibility index (Phi) is 3.37. The van der Waals surface area contributed by atoms with Crippen molar-refractivity contribution in [3.05, 3.63) is 72.8 Å². The molecule has 100 valence electrons. The van der Waals surface area contributed by atoms with Crippen LogP contribution in [0.5, 0.6) is 5.75 Å². The summed E-state index contributed by atoms with van der Waals surface area (Å²) in [5.41, 5.74) is 3.10. The fourth-order valence-corrected chi connectivity index (χ4v) is 2.11.